The molecule has 0 N–H and O–H groups in total. The fraction of sp³-hybridized carbons (Fsp3) is 0.323. The molecule has 222 valence electrons. The topological polar surface area (TPSA) is 66.9 Å². The average Bonchev–Trinajstić information content (AvgIpc) is 3.36. The van der Waals surface area contributed by atoms with Gasteiger partial charge >= 0.3 is 0 Å². The van der Waals surface area contributed by atoms with E-state index in [1.54, 1.807) is 36.3 Å². The van der Waals surface area contributed by atoms with Crippen LogP contribution < -0.4 is 4.74 Å². The number of thiophene rings is 1. The number of amides is 1. The number of rotatable bonds is 8. The van der Waals surface area contributed by atoms with Crippen LogP contribution in [0.25, 0.3) is 21.2 Å². The molecule has 11 heteroatoms. The monoisotopic (exact) mass is 632 g/mol. The number of benzene rings is 3. The van der Waals surface area contributed by atoms with Crippen LogP contribution >= 0.6 is 22.9 Å². The predicted octanol–water partition coefficient (Wildman–Crippen LogP) is 7.73. The van der Waals surface area contributed by atoms with E-state index in [0.29, 0.717) is 5.75 Å². The maximum Gasteiger partial charge on any atom is 0.266 e. The minimum atomic E-state index is -3.57. The summed E-state index contributed by atoms with van der Waals surface area (Å²) in [7, 11) is 0.958. The molecule has 6 nitrogen and oxygen atoms in total. The minimum absolute atomic E-state index is 0.0197. The molecule has 1 heterocycles. The standard InChI is InChI=1S/C31H31ClF2N2O4S2/c1-35(2)42(38,39)23-12-9-19(10-13-23)20-11-16-26(40-3)21(17-20)18-36(22-7-5-4-6-8-22)31(37)30-28(32)27-24(33)14-15-25(34)29(27)41-30/h9-17,22H,4-8,18H2,1-3H3. The van der Waals surface area contributed by atoms with Crippen molar-refractivity contribution in [2.45, 2.75) is 49.6 Å². The number of sulfonamides is 1. The fourth-order valence-electron chi connectivity index (χ4n) is 5.42. The molecule has 1 aliphatic carbocycles. The summed E-state index contributed by atoms with van der Waals surface area (Å²) in [6.07, 6.45) is 4.63. The van der Waals surface area contributed by atoms with Gasteiger partial charge in [0, 0.05) is 32.2 Å². The number of fused-ring (bicyclic) bond motifs is 1. The normalized spacial score (nSPS) is 14.5. The third kappa shape index (κ3) is 5.77. The highest BCUT2D eigenvalue weighted by atomic mass is 35.5. The van der Waals surface area contributed by atoms with Crippen molar-refractivity contribution in [1.29, 1.82) is 0 Å². The number of methoxy groups -OCH3 is 1. The van der Waals surface area contributed by atoms with Gasteiger partial charge in [-0.2, -0.15) is 0 Å². The SMILES string of the molecule is COc1ccc(-c2ccc(S(=O)(=O)N(C)C)cc2)cc1CN(C(=O)c1sc2c(F)ccc(F)c2c1Cl)C1CCCCC1. The molecule has 1 saturated carbocycles. The van der Waals surface area contributed by atoms with E-state index in [-0.39, 0.29) is 43.4 Å². The van der Waals surface area contributed by atoms with Crippen molar-refractivity contribution in [2.24, 2.45) is 0 Å². The van der Waals surface area contributed by atoms with Crippen molar-refractivity contribution >= 4 is 49.0 Å². The highest BCUT2D eigenvalue weighted by Crippen LogP contribution is 2.40. The Hall–Kier alpha value is -3.05. The molecule has 4 aromatic rings. The highest BCUT2D eigenvalue weighted by molar-refractivity contribution is 7.89. The van der Waals surface area contributed by atoms with Crippen LogP contribution in [-0.4, -0.2) is 50.8 Å². The van der Waals surface area contributed by atoms with E-state index >= 15 is 0 Å². The zero-order valence-electron chi connectivity index (χ0n) is 23.5. The van der Waals surface area contributed by atoms with Crippen LogP contribution in [0.5, 0.6) is 5.75 Å². The highest BCUT2D eigenvalue weighted by Gasteiger charge is 2.31. The zero-order chi connectivity index (χ0) is 30.2. The third-order valence-corrected chi connectivity index (χ3v) is 11.2. The van der Waals surface area contributed by atoms with Crippen LogP contribution in [0.15, 0.2) is 59.5 Å². The van der Waals surface area contributed by atoms with Crippen LogP contribution in [0.2, 0.25) is 5.02 Å². The predicted molar refractivity (Wildman–Crippen MR) is 163 cm³/mol. The Bertz CT molecular complexity index is 1730. The number of ether oxygens (including phenoxy) is 1. The molecule has 1 fully saturated rings. The van der Waals surface area contributed by atoms with Gasteiger partial charge in [0.25, 0.3) is 5.91 Å². The number of carbonyl (C=O) groups is 1. The van der Waals surface area contributed by atoms with Crippen molar-refractivity contribution in [3.8, 4) is 16.9 Å². The quantitative estimate of drug-likeness (QED) is 0.199. The second-order valence-electron chi connectivity index (χ2n) is 10.5. The lowest BCUT2D eigenvalue weighted by atomic mass is 9.93. The van der Waals surface area contributed by atoms with E-state index in [0.717, 1.165) is 76.6 Å². The van der Waals surface area contributed by atoms with Gasteiger partial charge in [0.15, 0.2) is 0 Å². The van der Waals surface area contributed by atoms with Crippen molar-refractivity contribution < 1.29 is 26.7 Å². The summed E-state index contributed by atoms with van der Waals surface area (Å²) in [5.74, 6) is -1.09. The van der Waals surface area contributed by atoms with E-state index in [1.165, 1.54) is 14.1 Å². The summed E-state index contributed by atoms with van der Waals surface area (Å²) >= 11 is 7.40. The fourth-order valence-corrected chi connectivity index (χ4v) is 7.83. The second kappa shape index (κ2) is 12.3. The number of hydrogen-bond acceptors (Lipinski definition) is 5. The zero-order valence-corrected chi connectivity index (χ0v) is 25.9. The maximum absolute atomic E-state index is 14.6. The Morgan fingerprint density at radius 3 is 2.24 bits per heavy atom. The van der Waals surface area contributed by atoms with Crippen LogP contribution in [0.3, 0.4) is 0 Å². The molecule has 0 atom stereocenters. The Labute approximate surface area is 253 Å². The van der Waals surface area contributed by atoms with Gasteiger partial charge in [-0.3, -0.25) is 4.79 Å². The largest absolute Gasteiger partial charge is 0.496 e. The Morgan fingerprint density at radius 1 is 0.976 bits per heavy atom. The van der Waals surface area contributed by atoms with E-state index < -0.39 is 21.7 Å². The van der Waals surface area contributed by atoms with Gasteiger partial charge < -0.3 is 9.64 Å². The Morgan fingerprint density at radius 2 is 1.62 bits per heavy atom. The lowest BCUT2D eigenvalue weighted by molar-refractivity contribution is 0.0618. The summed E-state index contributed by atoms with van der Waals surface area (Å²) in [5, 5.41) is -0.154. The first-order valence-electron chi connectivity index (χ1n) is 13.6. The molecule has 0 bridgehead atoms. The van der Waals surface area contributed by atoms with Crippen LogP contribution in [0, 0.1) is 11.6 Å². The summed E-state index contributed by atoms with van der Waals surface area (Å²) < 4.78 is 61.0. The average molecular weight is 633 g/mol. The van der Waals surface area contributed by atoms with Crippen molar-refractivity contribution in [3.63, 3.8) is 0 Å². The van der Waals surface area contributed by atoms with E-state index in [4.69, 9.17) is 16.3 Å². The Kier molecular flexibility index (Phi) is 8.89. The lowest BCUT2D eigenvalue weighted by Crippen LogP contribution is -2.40. The summed E-state index contributed by atoms with van der Waals surface area (Å²) in [6.45, 7) is 0.198. The third-order valence-electron chi connectivity index (χ3n) is 7.74. The molecule has 1 aromatic heterocycles. The van der Waals surface area contributed by atoms with Crippen LogP contribution in [0.4, 0.5) is 8.78 Å². The first-order valence-corrected chi connectivity index (χ1v) is 16.2. The van der Waals surface area contributed by atoms with E-state index in [1.807, 2.05) is 18.2 Å². The summed E-state index contributed by atoms with van der Waals surface area (Å²) in [6, 6.07) is 14.2. The number of nitrogens with zero attached hydrogens (tertiary/aromatic N) is 2. The molecule has 42 heavy (non-hydrogen) atoms. The van der Waals surface area contributed by atoms with Crippen molar-refractivity contribution in [3.05, 3.63) is 81.7 Å². The van der Waals surface area contributed by atoms with Gasteiger partial charge in [0.1, 0.15) is 22.3 Å². The molecule has 5 rings (SSSR count). The summed E-state index contributed by atoms with van der Waals surface area (Å²) in [4.78, 5) is 16.2. The van der Waals surface area contributed by atoms with Crippen molar-refractivity contribution in [1.82, 2.24) is 9.21 Å². The minimum Gasteiger partial charge on any atom is -0.496 e. The maximum atomic E-state index is 14.6. The summed E-state index contributed by atoms with van der Waals surface area (Å²) in [5.41, 5.74) is 2.36. The van der Waals surface area contributed by atoms with E-state index in [9.17, 15) is 22.0 Å². The Balaban J connectivity index is 1.53. The molecule has 3 aromatic carbocycles. The smallest absolute Gasteiger partial charge is 0.266 e. The molecular weight excluding hydrogens is 602 g/mol. The van der Waals surface area contributed by atoms with Gasteiger partial charge in [-0.15, -0.1) is 11.3 Å². The molecule has 0 unspecified atom stereocenters. The first-order chi connectivity index (χ1) is 20.0. The van der Waals surface area contributed by atoms with Gasteiger partial charge in [0.2, 0.25) is 10.0 Å². The molecule has 1 aliphatic rings. The van der Waals surface area contributed by atoms with Crippen molar-refractivity contribution in [2.75, 3.05) is 21.2 Å². The molecular formula is C31H31ClF2N2O4S2. The van der Waals surface area contributed by atoms with Gasteiger partial charge in [-0.1, -0.05) is 49.1 Å². The molecule has 0 aliphatic heterocycles. The molecule has 0 radical (unpaired) electrons. The van der Waals surface area contributed by atoms with E-state index in [2.05, 4.69) is 0 Å². The molecule has 0 spiro atoms. The first kappa shape index (κ1) is 30.4. The molecule has 1 amide bonds. The molecule has 0 saturated heterocycles. The van der Waals surface area contributed by atoms with Gasteiger partial charge in [0.05, 0.1) is 27.1 Å². The number of carbonyl (C=O) groups excluding carboxylic acids is 1. The number of hydrogen-bond donors (Lipinski definition) is 0. The van der Waals surface area contributed by atoms with Crippen LogP contribution in [-0.2, 0) is 16.6 Å². The van der Waals surface area contributed by atoms with Gasteiger partial charge in [-0.25, -0.2) is 21.5 Å². The second-order valence-corrected chi connectivity index (χ2v) is 14.1. The van der Waals surface area contributed by atoms with Gasteiger partial charge in [-0.05, 0) is 60.4 Å². The van der Waals surface area contributed by atoms with Crippen LogP contribution in [0.1, 0.15) is 47.3 Å². The number of halogens is 3. The lowest BCUT2D eigenvalue weighted by Gasteiger charge is -2.34.